The number of rotatable bonds is 7. The van der Waals surface area contributed by atoms with Gasteiger partial charge in [0.2, 0.25) is 0 Å². The Kier molecular flexibility index (Phi) is 7.38. The summed E-state index contributed by atoms with van der Waals surface area (Å²) in [5, 5.41) is 0. The molecule has 0 bridgehead atoms. The molecule has 0 aromatic carbocycles. The number of piperidine rings is 2. The van der Waals surface area contributed by atoms with Gasteiger partial charge >= 0.3 is 0 Å². The van der Waals surface area contributed by atoms with E-state index in [0.717, 1.165) is 18.5 Å². The van der Waals surface area contributed by atoms with Crippen molar-refractivity contribution in [2.45, 2.75) is 57.9 Å². The minimum atomic E-state index is 0.781. The fourth-order valence-electron chi connectivity index (χ4n) is 4.62. The predicted octanol–water partition coefficient (Wildman–Crippen LogP) is 2.60. The van der Waals surface area contributed by atoms with Gasteiger partial charge in [-0.3, -0.25) is 14.7 Å². The first-order valence-electron chi connectivity index (χ1n) is 10.4. The topological polar surface area (TPSA) is 13.0 Å². The maximum Gasteiger partial charge on any atom is 0.146 e. The highest BCUT2D eigenvalue weighted by molar-refractivity contribution is 4.81. The number of hydrogen-bond acceptors (Lipinski definition) is 4. The predicted molar refractivity (Wildman–Crippen MR) is 101 cm³/mol. The SMILES string of the molecule is C[C@H]1CCCN1CCN(C)[C]N1CCC(CN2CCCCC2)CC1. The van der Waals surface area contributed by atoms with Gasteiger partial charge in [-0.05, 0) is 78.0 Å². The van der Waals surface area contributed by atoms with Crippen molar-refractivity contribution in [3.8, 4) is 0 Å². The zero-order chi connectivity index (χ0) is 16.8. The molecule has 0 N–H and O–H groups in total. The van der Waals surface area contributed by atoms with Gasteiger partial charge in [-0.1, -0.05) is 6.42 Å². The molecule has 0 amide bonds. The molecule has 0 aromatic rings. The van der Waals surface area contributed by atoms with Gasteiger partial charge in [-0.25, -0.2) is 0 Å². The van der Waals surface area contributed by atoms with Crippen LogP contribution in [0.2, 0.25) is 0 Å². The molecular weight excluding hydrogens is 296 g/mol. The third-order valence-corrected chi connectivity index (χ3v) is 6.30. The van der Waals surface area contributed by atoms with Crippen molar-refractivity contribution in [2.24, 2.45) is 5.92 Å². The van der Waals surface area contributed by atoms with Crippen LogP contribution in [0.3, 0.4) is 0 Å². The van der Waals surface area contributed by atoms with Gasteiger partial charge in [0.05, 0.1) is 0 Å². The van der Waals surface area contributed by atoms with Gasteiger partial charge in [-0.15, -0.1) is 0 Å². The minimum Gasteiger partial charge on any atom is -0.303 e. The monoisotopic (exact) mass is 334 g/mol. The minimum absolute atomic E-state index is 0.781. The van der Waals surface area contributed by atoms with Crippen LogP contribution in [0.1, 0.15) is 51.9 Å². The highest BCUT2D eigenvalue weighted by atomic mass is 15.3. The van der Waals surface area contributed by atoms with Crippen LogP contribution in [-0.2, 0) is 0 Å². The molecule has 3 aliphatic heterocycles. The molecule has 3 fully saturated rings. The van der Waals surface area contributed by atoms with Crippen molar-refractivity contribution in [2.75, 3.05) is 59.4 Å². The lowest BCUT2D eigenvalue weighted by Crippen LogP contribution is -2.42. The second-order valence-electron chi connectivity index (χ2n) is 8.34. The Balaban J connectivity index is 1.28. The summed E-state index contributed by atoms with van der Waals surface area (Å²) in [6.07, 6.45) is 9.73. The largest absolute Gasteiger partial charge is 0.303 e. The Labute approximate surface area is 150 Å². The van der Waals surface area contributed by atoms with Gasteiger partial charge in [0.15, 0.2) is 0 Å². The summed E-state index contributed by atoms with van der Waals surface area (Å²) < 4.78 is 0. The fraction of sp³-hybridized carbons (Fsp3) is 0.950. The normalized spacial score (nSPS) is 28.9. The van der Waals surface area contributed by atoms with Crippen LogP contribution >= 0.6 is 0 Å². The summed E-state index contributed by atoms with van der Waals surface area (Å²) in [5.74, 6) is 0.914. The Morgan fingerprint density at radius 1 is 0.917 bits per heavy atom. The Morgan fingerprint density at radius 2 is 1.67 bits per heavy atom. The molecule has 0 saturated carbocycles. The van der Waals surface area contributed by atoms with E-state index in [1.165, 1.54) is 90.8 Å². The Morgan fingerprint density at radius 3 is 2.33 bits per heavy atom. The molecule has 3 aliphatic rings. The average molecular weight is 335 g/mol. The molecular formula is C20H38N4. The molecule has 0 aliphatic carbocycles. The van der Waals surface area contributed by atoms with E-state index in [2.05, 4.69) is 40.2 Å². The van der Waals surface area contributed by atoms with Gasteiger partial charge in [0, 0.05) is 38.8 Å². The summed E-state index contributed by atoms with van der Waals surface area (Å²) in [7, 11) is 2.19. The molecule has 0 spiro atoms. The number of hydrogen-bond donors (Lipinski definition) is 0. The molecule has 138 valence electrons. The van der Waals surface area contributed by atoms with Crippen molar-refractivity contribution in [3.63, 3.8) is 0 Å². The molecule has 24 heavy (non-hydrogen) atoms. The van der Waals surface area contributed by atoms with Crippen LogP contribution in [0, 0.1) is 12.6 Å². The van der Waals surface area contributed by atoms with E-state index in [-0.39, 0.29) is 0 Å². The van der Waals surface area contributed by atoms with Gasteiger partial charge in [-0.2, -0.15) is 0 Å². The summed E-state index contributed by atoms with van der Waals surface area (Å²) in [5.41, 5.74) is 0. The number of likely N-dealkylation sites (tertiary alicyclic amines) is 3. The second kappa shape index (κ2) is 9.51. The molecule has 3 rings (SSSR count). The molecule has 4 nitrogen and oxygen atoms in total. The molecule has 4 heteroatoms. The van der Waals surface area contributed by atoms with Crippen LogP contribution in [0.4, 0.5) is 0 Å². The standard InChI is InChI=1S/C20H38N4/c1-19-7-6-12-24(19)16-15-21(2)18-23-13-8-20(9-14-23)17-22-10-4-3-5-11-22/h19-20H,3-17H2,1-2H3/t19-/m0/s1. The van der Waals surface area contributed by atoms with E-state index in [0.29, 0.717) is 0 Å². The Hall–Kier alpha value is -0.160. The smallest absolute Gasteiger partial charge is 0.146 e. The van der Waals surface area contributed by atoms with Gasteiger partial charge in [0.1, 0.15) is 6.67 Å². The Bertz CT molecular complexity index is 348. The van der Waals surface area contributed by atoms with Gasteiger partial charge < -0.3 is 4.90 Å². The average Bonchev–Trinajstić information content (AvgIpc) is 3.01. The van der Waals surface area contributed by atoms with Crippen molar-refractivity contribution in [3.05, 3.63) is 6.67 Å². The van der Waals surface area contributed by atoms with Crippen molar-refractivity contribution < 1.29 is 0 Å². The fourth-order valence-corrected chi connectivity index (χ4v) is 4.62. The maximum absolute atomic E-state index is 3.61. The highest BCUT2D eigenvalue weighted by Gasteiger charge is 2.24. The van der Waals surface area contributed by atoms with Crippen LogP contribution in [0.15, 0.2) is 0 Å². The molecule has 1 atom stereocenters. The molecule has 0 aromatic heterocycles. The summed E-state index contributed by atoms with van der Waals surface area (Å²) in [4.78, 5) is 10.1. The lowest BCUT2D eigenvalue weighted by atomic mass is 9.95. The number of likely N-dealkylation sites (N-methyl/N-ethyl adjacent to an activating group) is 1. The number of nitrogens with zero attached hydrogens (tertiary/aromatic N) is 4. The van der Waals surface area contributed by atoms with Crippen LogP contribution in [0.25, 0.3) is 0 Å². The first-order valence-corrected chi connectivity index (χ1v) is 10.4. The van der Waals surface area contributed by atoms with Crippen LogP contribution < -0.4 is 0 Å². The summed E-state index contributed by atoms with van der Waals surface area (Å²) in [6, 6.07) is 0.781. The van der Waals surface area contributed by atoms with Crippen molar-refractivity contribution >= 4 is 0 Å². The van der Waals surface area contributed by atoms with E-state index in [4.69, 9.17) is 0 Å². The highest BCUT2D eigenvalue weighted by Crippen LogP contribution is 2.21. The summed E-state index contributed by atoms with van der Waals surface area (Å²) in [6.45, 7) is 16.0. The lowest BCUT2D eigenvalue weighted by Gasteiger charge is -2.37. The van der Waals surface area contributed by atoms with E-state index in [9.17, 15) is 0 Å². The first kappa shape index (κ1) is 18.6. The molecule has 3 heterocycles. The molecule has 0 unspecified atom stereocenters. The molecule has 2 radical (unpaired) electrons. The zero-order valence-corrected chi connectivity index (χ0v) is 16.1. The van der Waals surface area contributed by atoms with E-state index in [1.54, 1.807) is 0 Å². The first-order chi connectivity index (χ1) is 11.7. The van der Waals surface area contributed by atoms with E-state index in [1.807, 2.05) is 0 Å². The zero-order valence-electron chi connectivity index (χ0n) is 16.1. The quantitative estimate of drug-likeness (QED) is 0.664. The van der Waals surface area contributed by atoms with E-state index < -0.39 is 0 Å². The van der Waals surface area contributed by atoms with Crippen LogP contribution in [-0.4, -0.2) is 85.0 Å². The summed E-state index contributed by atoms with van der Waals surface area (Å²) >= 11 is 0. The third-order valence-electron chi connectivity index (χ3n) is 6.30. The third kappa shape index (κ3) is 5.69. The second-order valence-corrected chi connectivity index (χ2v) is 8.34. The van der Waals surface area contributed by atoms with Gasteiger partial charge in [0.25, 0.3) is 0 Å². The lowest BCUT2D eigenvalue weighted by molar-refractivity contribution is 0.121. The molecule has 3 saturated heterocycles. The van der Waals surface area contributed by atoms with E-state index >= 15 is 0 Å². The van der Waals surface area contributed by atoms with Crippen LogP contribution in [0.5, 0.6) is 0 Å². The van der Waals surface area contributed by atoms with Crippen molar-refractivity contribution in [1.29, 1.82) is 0 Å². The maximum atomic E-state index is 3.61. The van der Waals surface area contributed by atoms with Crippen molar-refractivity contribution in [1.82, 2.24) is 19.6 Å².